The fraction of sp³-hybridized carbons (Fsp3) is 0.355. The molecule has 214 valence electrons. The quantitative estimate of drug-likeness (QED) is 0.331. The number of fused-ring (bicyclic) bond motifs is 2. The molecule has 0 radical (unpaired) electrons. The number of carbonyl (C=O) groups excluding carboxylic acids is 1. The number of aliphatic hydroxyl groups excluding tert-OH is 1. The van der Waals surface area contributed by atoms with Gasteiger partial charge in [0.1, 0.15) is 19.3 Å². The second kappa shape index (κ2) is 11.1. The lowest BCUT2D eigenvalue weighted by atomic mass is 9.98. The van der Waals surface area contributed by atoms with E-state index in [0.717, 1.165) is 48.0 Å². The maximum Gasteiger partial charge on any atom is 0.349 e. The zero-order valence-corrected chi connectivity index (χ0v) is 22.7. The topological polar surface area (TPSA) is 88.9 Å². The summed E-state index contributed by atoms with van der Waals surface area (Å²) in [6.07, 6.45) is 2.49. The van der Waals surface area contributed by atoms with Crippen molar-refractivity contribution in [1.29, 1.82) is 0 Å². The molecule has 4 aromatic rings. The predicted molar refractivity (Wildman–Crippen MR) is 150 cm³/mol. The van der Waals surface area contributed by atoms with Crippen molar-refractivity contribution in [2.75, 3.05) is 32.8 Å². The van der Waals surface area contributed by atoms with Gasteiger partial charge in [-0.15, -0.1) is 0 Å². The molecule has 3 heterocycles. The Hall–Kier alpha value is -4.02. The van der Waals surface area contributed by atoms with E-state index < -0.39 is 29.5 Å². The number of hydrogen-bond donors (Lipinski definition) is 2. The van der Waals surface area contributed by atoms with Gasteiger partial charge in [0.25, 0.3) is 5.91 Å². The summed E-state index contributed by atoms with van der Waals surface area (Å²) in [7, 11) is 1.86. The predicted octanol–water partition coefficient (Wildman–Crippen LogP) is 4.42. The molecule has 10 heteroatoms. The molecule has 1 fully saturated rings. The molecular formula is C31H32F2N4O4. The lowest BCUT2D eigenvalue weighted by Crippen LogP contribution is -2.50. The van der Waals surface area contributed by atoms with Crippen LogP contribution in [0.5, 0.6) is 11.5 Å². The van der Waals surface area contributed by atoms with E-state index in [0.29, 0.717) is 30.3 Å². The van der Waals surface area contributed by atoms with Crippen molar-refractivity contribution < 1.29 is 28.2 Å². The first kappa shape index (κ1) is 27.2. The zero-order chi connectivity index (χ0) is 28.6. The molecule has 8 nitrogen and oxygen atoms in total. The number of aromatic nitrogens is 2. The second-order valence-corrected chi connectivity index (χ2v) is 10.6. The highest BCUT2D eigenvalue weighted by Gasteiger charge is 2.43. The summed E-state index contributed by atoms with van der Waals surface area (Å²) in [4.78, 5) is 15.1. The largest absolute Gasteiger partial charge is 0.486 e. The Morgan fingerprint density at radius 2 is 1.71 bits per heavy atom. The highest BCUT2D eigenvalue weighted by Crippen LogP contribution is 2.35. The molecule has 0 unspecified atom stereocenters. The minimum Gasteiger partial charge on any atom is -0.486 e. The first-order valence-corrected chi connectivity index (χ1v) is 13.8. The lowest BCUT2D eigenvalue weighted by Gasteiger charge is -2.30. The number of nitrogens with one attached hydrogen (secondary N) is 1. The van der Waals surface area contributed by atoms with Gasteiger partial charge in [-0.25, -0.2) is 0 Å². The fourth-order valence-corrected chi connectivity index (χ4v) is 5.55. The Bertz CT molecular complexity index is 1550. The molecule has 1 saturated heterocycles. The van der Waals surface area contributed by atoms with E-state index in [1.165, 1.54) is 12.1 Å². The number of nitrogens with zero attached hydrogens (tertiary/aromatic N) is 3. The Kier molecular flexibility index (Phi) is 7.35. The van der Waals surface area contributed by atoms with Crippen molar-refractivity contribution >= 4 is 16.8 Å². The molecule has 0 aliphatic carbocycles. The Morgan fingerprint density at radius 1 is 1.00 bits per heavy atom. The van der Waals surface area contributed by atoms with Crippen molar-refractivity contribution in [1.82, 2.24) is 20.0 Å². The molecule has 2 aliphatic rings. The molecule has 0 spiro atoms. The van der Waals surface area contributed by atoms with E-state index in [4.69, 9.17) is 9.47 Å². The highest BCUT2D eigenvalue weighted by molar-refractivity contribution is 5.86. The molecular weight excluding hydrogens is 530 g/mol. The van der Waals surface area contributed by atoms with Crippen LogP contribution in [0.2, 0.25) is 0 Å². The molecule has 2 aliphatic heterocycles. The van der Waals surface area contributed by atoms with E-state index in [2.05, 4.69) is 15.3 Å². The molecule has 6 rings (SSSR count). The number of likely N-dealkylation sites (tertiary alicyclic amines) is 1. The molecule has 0 saturated carbocycles. The van der Waals surface area contributed by atoms with Gasteiger partial charge in [-0.3, -0.25) is 9.48 Å². The van der Waals surface area contributed by atoms with E-state index in [-0.39, 0.29) is 6.54 Å². The number of aryl methyl sites for hydroxylation is 1. The van der Waals surface area contributed by atoms with Crippen molar-refractivity contribution in [2.45, 2.75) is 30.9 Å². The van der Waals surface area contributed by atoms with Crippen LogP contribution in [-0.4, -0.2) is 64.6 Å². The molecule has 1 amide bonds. The van der Waals surface area contributed by atoms with Crippen LogP contribution in [0, 0.1) is 0 Å². The van der Waals surface area contributed by atoms with Gasteiger partial charge in [0, 0.05) is 24.5 Å². The molecule has 2 N–H and O–H groups in total. The monoisotopic (exact) mass is 562 g/mol. The van der Waals surface area contributed by atoms with Gasteiger partial charge in [-0.05, 0) is 66.9 Å². The standard InChI is InChI=1S/C31H32F2N4O4/c1-36-26-10-6-21(16-23(26)18-34-36)20-4-8-24(9-5-20)31(32,33)30(39)35-25(19-37-12-2-3-13-37)29(38)22-7-11-27-28(17-22)41-15-14-40-27/h4-11,16-18,25,29,38H,2-3,12-15,19H2,1H3,(H,35,39)/t25-,29-/m1/s1. The number of hydrogen-bond acceptors (Lipinski definition) is 6. The molecule has 41 heavy (non-hydrogen) atoms. The van der Waals surface area contributed by atoms with Gasteiger partial charge < -0.3 is 24.8 Å². The van der Waals surface area contributed by atoms with Crippen molar-refractivity contribution in [2.24, 2.45) is 7.05 Å². The number of halogens is 2. The maximum atomic E-state index is 15.5. The number of ether oxygens (including phenoxy) is 2. The van der Waals surface area contributed by atoms with Crippen LogP contribution in [0.3, 0.4) is 0 Å². The number of carbonyl (C=O) groups is 1. The smallest absolute Gasteiger partial charge is 0.349 e. The number of amides is 1. The Balaban J connectivity index is 1.21. The molecule has 2 atom stereocenters. The third kappa shape index (κ3) is 5.49. The SMILES string of the molecule is Cn1ncc2cc(-c3ccc(C(F)(F)C(=O)N[C@H](CN4CCCC4)[C@H](O)c4ccc5c(c4)OCCO5)cc3)ccc21. The average molecular weight is 563 g/mol. The van der Waals surface area contributed by atoms with E-state index in [9.17, 15) is 9.90 Å². The minimum atomic E-state index is -3.80. The summed E-state index contributed by atoms with van der Waals surface area (Å²) in [5.74, 6) is -4.22. The maximum absolute atomic E-state index is 15.5. The zero-order valence-electron chi connectivity index (χ0n) is 22.7. The first-order chi connectivity index (χ1) is 19.8. The molecule has 1 aromatic heterocycles. The highest BCUT2D eigenvalue weighted by atomic mass is 19.3. The third-order valence-corrected chi connectivity index (χ3v) is 7.87. The van der Waals surface area contributed by atoms with Gasteiger partial charge >= 0.3 is 5.92 Å². The summed E-state index contributed by atoms with van der Waals surface area (Å²) in [6, 6.07) is 15.5. The summed E-state index contributed by atoms with van der Waals surface area (Å²) in [5.41, 5.74) is 2.61. The van der Waals surface area contributed by atoms with Gasteiger partial charge in [0.15, 0.2) is 11.5 Å². The van der Waals surface area contributed by atoms with Crippen LogP contribution in [0.25, 0.3) is 22.0 Å². The van der Waals surface area contributed by atoms with Crippen molar-refractivity contribution in [3.63, 3.8) is 0 Å². The van der Waals surface area contributed by atoms with Gasteiger partial charge in [0.05, 0.1) is 17.8 Å². The van der Waals surface area contributed by atoms with Crippen LogP contribution in [0.1, 0.15) is 30.1 Å². The second-order valence-electron chi connectivity index (χ2n) is 10.6. The summed E-state index contributed by atoms with van der Waals surface area (Å²) in [5, 5.41) is 18.9. The number of aliphatic hydroxyl groups is 1. The summed E-state index contributed by atoms with van der Waals surface area (Å²) < 4.78 is 44.0. The summed E-state index contributed by atoms with van der Waals surface area (Å²) in [6.45, 7) is 2.61. The minimum absolute atomic E-state index is 0.243. The van der Waals surface area contributed by atoms with E-state index >= 15 is 8.78 Å². The van der Waals surface area contributed by atoms with E-state index in [1.54, 1.807) is 41.2 Å². The lowest BCUT2D eigenvalue weighted by molar-refractivity contribution is -0.149. The third-order valence-electron chi connectivity index (χ3n) is 7.87. The molecule has 3 aromatic carbocycles. The van der Waals surface area contributed by atoms with Crippen LogP contribution in [-0.2, 0) is 17.8 Å². The number of benzene rings is 3. The van der Waals surface area contributed by atoms with Gasteiger partial charge in [0.2, 0.25) is 0 Å². The van der Waals surface area contributed by atoms with Crippen LogP contribution in [0.4, 0.5) is 8.78 Å². The van der Waals surface area contributed by atoms with Crippen LogP contribution < -0.4 is 14.8 Å². The Morgan fingerprint density at radius 3 is 2.46 bits per heavy atom. The molecule has 0 bridgehead atoms. The number of alkyl halides is 2. The van der Waals surface area contributed by atoms with E-state index in [1.807, 2.05) is 25.2 Å². The van der Waals surface area contributed by atoms with Crippen LogP contribution >= 0.6 is 0 Å². The summed E-state index contributed by atoms with van der Waals surface area (Å²) >= 11 is 0. The van der Waals surface area contributed by atoms with Crippen molar-refractivity contribution in [3.8, 4) is 22.6 Å². The van der Waals surface area contributed by atoms with Crippen LogP contribution in [0.15, 0.2) is 66.9 Å². The Labute approximate surface area is 236 Å². The fourth-order valence-electron chi connectivity index (χ4n) is 5.55. The normalized spacial score (nSPS) is 17.0. The van der Waals surface area contributed by atoms with Gasteiger partial charge in [-0.1, -0.05) is 36.4 Å². The average Bonchev–Trinajstić information content (AvgIpc) is 3.65. The first-order valence-electron chi connectivity index (χ1n) is 13.8. The van der Waals surface area contributed by atoms with Gasteiger partial charge in [-0.2, -0.15) is 13.9 Å². The van der Waals surface area contributed by atoms with Crippen molar-refractivity contribution in [3.05, 3.63) is 78.0 Å². The number of rotatable bonds is 8.